The van der Waals surface area contributed by atoms with Crippen LogP contribution in [0, 0.1) is 10.1 Å². The number of nitro groups is 1. The van der Waals surface area contributed by atoms with E-state index in [1.54, 1.807) is 17.5 Å². The fourth-order valence-corrected chi connectivity index (χ4v) is 3.41. The SMILES string of the molecule is O=C(Nc1nc(-c2ccc3c(c2)OCO3)cs1)c1ccc(Cl)cc1[N+](=O)[O-]. The largest absolute Gasteiger partial charge is 0.454 e. The van der Waals surface area contributed by atoms with Gasteiger partial charge in [-0.05, 0) is 30.3 Å². The first kappa shape index (κ1) is 17.3. The molecule has 136 valence electrons. The van der Waals surface area contributed by atoms with Crippen LogP contribution in [0.3, 0.4) is 0 Å². The number of fused-ring (bicyclic) bond motifs is 1. The third-order valence-corrected chi connectivity index (χ3v) is 4.79. The van der Waals surface area contributed by atoms with E-state index < -0.39 is 10.8 Å². The van der Waals surface area contributed by atoms with E-state index >= 15 is 0 Å². The van der Waals surface area contributed by atoms with Crippen molar-refractivity contribution in [3.05, 3.63) is 62.5 Å². The number of anilines is 1. The van der Waals surface area contributed by atoms with Gasteiger partial charge in [-0.25, -0.2) is 4.98 Å². The Balaban J connectivity index is 1.56. The molecule has 0 unspecified atom stereocenters. The number of rotatable bonds is 4. The van der Waals surface area contributed by atoms with Crippen molar-refractivity contribution < 1.29 is 19.2 Å². The molecule has 0 aliphatic carbocycles. The molecule has 1 amide bonds. The summed E-state index contributed by atoms with van der Waals surface area (Å²) in [6.07, 6.45) is 0. The van der Waals surface area contributed by atoms with E-state index in [1.807, 2.05) is 6.07 Å². The molecule has 3 aromatic rings. The number of ether oxygens (including phenoxy) is 2. The van der Waals surface area contributed by atoms with Crippen LogP contribution < -0.4 is 14.8 Å². The van der Waals surface area contributed by atoms with Crippen LogP contribution in [0.2, 0.25) is 5.02 Å². The third-order valence-electron chi connectivity index (χ3n) is 3.79. The van der Waals surface area contributed by atoms with Crippen LogP contribution in [-0.4, -0.2) is 22.6 Å². The summed E-state index contributed by atoms with van der Waals surface area (Å²) in [5.41, 5.74) is 0.976. The maximum absolute atomic E-state index is 12.4. The maximum atomic E-state index is 12.4. The first-order valence-corrected chi connectivity index (χ1v) is 8.88. The number of nitro benzene ring substituents is 1. The number of carbonyl (C=O) groups is 1. The molecule has 2 aromatic carbocycles. The lowest BCUT2D eigenvalue weighted by molar-refractivity contribution is -0.385. The quantitative estimate of drug-likeness (QED) is 0.513. The summed E-state index contributed by atoms with van der Waals surface area (Å²) in [5.74, 6) is 0.658. The number of aromatic nitrogens is 1. The first-order valence-electron chi connectivity index (χ1n) is 7.62. The van der Waals surface area contributed by atoms with Crippen LogP contribution in [-0.2, 0) is 0 Å². The molecule has 0 saturated carbocycles. The summed E-state index contributed by atoms with van der Waals surface area (Å²) in [6, 6.07) is 9.28. The number of halogens is 1. The molecule has 1 N–H and O–H groups in total. The van der Waals surface area contributed by atoms with E-state index in [0.29, 0.717) is 22.3 Å². The lowest BCUT2D eigenvalue weighted by atomic mass is 10.1. The van der Waals surface area contributed by atoms with E-state index in [9.17, 15) is 14.9 Å². The summed E-state index contributed by atoms with van der Waals surface area (Å²) in [5, 5.41) is 16.0. The zero-order valence-corrected chi connectivity index (χ0v) is 15.0. The Labute approximate surface area is 161 Å². The molecular formula is C17H10ClN3O5S. The minimum absolute atomic E-state index is 0.0933. The zero-order chi connectivity index (χ0) is 19.0. The number of hydrogen-bond donors (Lipinski definition) is 1. The van der Waals surface area contributed by atoms with Crippen molar-refractivity contribution in [3.63, 3.8) is 0 Å². The lowest BCUT2D eigenvalue weighted by Gasteiger charge is -2.03. The third kappa shape index (κ3) is 3.42. The minimum atomic E-state index is -0.652. The number of hydrogen-bond acceptors (Lipinski definition) is 7. The van der Waals surface area contributed by atoms with Crippen molar-refractivity contribution in [2.75, 3.05) is 12.1 Å². The number of amides is 1. The summed E-state index contributed by atoms with van der Waals surface area (Å²) < 4.78 is 10.6. The minimum Gasteiger partial charge on any atom is -0.454 e. The van der Waals surface area contributed by atoms with Crippen LogP contribution in [0.25, 0.3) is 11.3 Å². The van der Waals surface area contributed by atoms with Crippen molar-refractivity contribution in [2.24, 2.45) is 0 Å². The highest BCUT2D eigenvalue weighted by Gasteiger charge is 2.22. The van der Waals surface area contributed by atoms with Gasteiger partial charge in [0.15, 0.2) is 16.6 Å². The summed E-state index contributed by atoms with van der Waals surface area (Å²) in [4.78, 5) is 27.3. The standard InChI is InChI=1S/C17H10ClN3O5S/c18-10-2-3-11(13(6-10)21(23)24)16(22)20-17-19-12(7-27-17)9-1-4-14-15(5-9)26-8-25-14/h1-7H,8H2,(H,19,20,22). The van der Waals surface area contributed by atoms with Gasteiger partial charge in [-0.15, -0.1) is 11.3 Å². The number of thiazole rings is 1. The Morgan fingerprint density at radius 1 is 1.22 bits per heavy atom. The molecule has 1 aliphatic rings. The van der Waals surface area contributed by atoms with Gasteiger partial charge in [-0.1, -0.05) is 11.6 Å². The van der Waals surface area contributed by atoms with Crippen LogP contribution in [0.1, 0.15) is 10.4 Å². The molecule has 0 atom stereocenters. The predicted octanol–water partition coefficient (Wildman–Crippen LogP) is 4.35. The van der Waals surface area contributed by atoms with Gasteiger partial charge in [0, 0.05) is 22.0 Å². The number of benzene rings is 2. The Morgan fingerprint density at radius 2 is 2.04 bits per heavy atom. The van der Waals surface area contributed by atoms with Gasteiger partial charge in [0.1, 0.15) is 5.56 Å². The monoisotopic (exact) mass is 403 g/mol. The Bertz CT molecular complexity index is 1070. The molecule has 0 fully saturated rings. The Kier molecular flexibility index (Phi) is 4.38. The van der Waals surface area contributed by atoms with Crippen LogP contribution in [0.5, 0.6) is 11.5 Å². The Hall–Kier alpha value is -3.17. The Morgan fingerprint density at radius 3 is 2.85 bits per heavy atom. The van der Waals surface area contributed by atoms with Gasteiger partial charge in [0.05, 0.1) is 10.6 Å². The molecular weight excluding hydrogens is 394 g/mol. The molecule has 1 aliphatic heterocycles. The number of nitrogens with zero attached hydrogens (tertiary/aromatic N) is 2. The molecule has 8 nitrogen and oxygen atoms in total. The molecule has 0 saturated heterocycles. The van der Waals surface area contributed by atoms with E-state index in [0.717, 1.165) is 11.6 Å². The van der Waals surface area contributed by atoms with Gasteiger partial charge in [-0.3, -0.25) is 20.2 Å². The van der Waals surface area contributed by atoms with Gasteiger partial charge in [0.25, 0.3) is 11.6 Å². The van der Waals surface area contributed by atoms with E-state index in [2.05, 4.69) is 10.3 Å². The smallest absolute Gasteiger partial charge is 0.283 e. The fourth-order valence-electron chi connectivity index (χ4n) is 2.53. The highest BCUT2D eigenvalue weighted by atomic mass is 35.5. The molecule has 27 heavy (non-hydrogen) atoms. The molecule has 0 spiro atoms. The second kappa shape index (κ2) is 6.86. The number of carbonyl (C=O) groups excluding carboxylic acids is 1. The summed E-state index contributed by atoms with van der Waals surface area (Å²) >= 11 is 6.98. The second-order valence-electron chi connectivity index (χ2n) is 5.48. The normalized spacial score (nSPS) is 12.0. The highest BCUT2D eigenvalue weighted by Crippen LogP contribution is 2.36. The van der Waals surface area contributed by atoms with E-state index in [4.69, 9.17) is 21.1 Å². The summed E-state index contributed by atoms with van der Waals surface area (Å²) in [6.45, 7) is 0.178. The maximum Gasteiger partial charge on any atom is 0.283 e. The van der Waals surface area contributed by atoms with Crippen LogP contribution in [0.15, 0.2) is 41.8 Å². The molecule has 0 radical (unpaired) electrons. The molecule has 1 aromatic heterocycles. The predicted molar refractivity (Wildman–Crippen MR) is 99.7 cm³/mol. The topological polar surface area (TPSA) is 104 Å². The molecule has 0 bridgehead atoms. The summed E-state index contributed by atoms with van der Waals surface area (Å²) in [7, 11) is 0. The number of nitrogens with one attached hydrogen (secondary N) is 1. The lowest BCUT2D eigenvalue weighted by Crippen LogP contribution is -2.13. The van der Waals surface area contributed by atoms with E-state index in [1.165, 1.54) is 23.5 Å². The van der Waals surface area contributed by atoms with Crippen molar-refractivity contribution in [2.45, 2.75) is 0 Å². The van der Waals surface area contributed by atoms with Gasteiger partial charge in [0.2, 0.25) is 6.79 Å². The fraction of sp³-hybridized carbons (Fsp3) is 0.0588. The second-order valence-corrected chi connectivity index (χ2v) is 6.77. The van der Waals surface area contributed by atoms with Crippen LogP contribution in [0.4, 0.5) is 10.8 Å². The van der Waals surface area contributed by atoms with Gasteiger partial charge < -0.3 is 9.47 Å². The zero-order valence-electron chi connectivity index (χ0n) is 13.5. The van der Waals surface area contributed by atoms with Gasteiger partial charge >= 0.3 is 0 Å². The molecule has 10 heteroatoms. The van der Waals surface area contributed by atoms with E-state index in [-0.39, 0.29) is 23.1 Å². The molecule has 2 heterocycles. The van der Waals surface area contributed by atoms with Crippen molar-refractivity contribution in [1.82, 2.24) is 4.98 Å². The highest BCUT2D eigenvalue weighted by molar-refractivity contribution is 7.14. The first-order chi connectivity index (χ1) is 13.0. The van der Waals surface area contributed by atoms with Crippen LogP contribution >= 0.6 is 22.9 Å². The van der Waals surface area contributed by atoms with Crippen molar-refractivity contribution in [1.29, 1.82) is 0 Å². The molecule has 4 rings (SSSR count). The average Bonchev–Trinajstić information content (AvgIpc) is 3.29. The average molecular weight is 404 g/mol. The van der Waals surface area contributed by atoms with Crippen molar-refractivity contribution in [3.8, 4) is 22.8 Å². The van der Waals surface area contributed by atoms with Crippen molar-refractivity contribution >= 4 is 39.7 Å². The van der Waals surface area contributed by atoms with Gasteiger partial charge in [-0.2, -0.15) is 0 Å².